The van der Waals surface area contributed by atoms with Gasteiger partial charge in [0.2, 0.25) is 5.91 Å². The number of carbonyl (C=O) groups is 2. The maximum Gasteiger partial charge on any atom is 0.255 e. The minimum atomic E-state index is -0.154. The molecule has 2 amide bonds. The summed E-state index contributed by atoms with van der Waals surface area (Å²) in [5.74, 6) is 0.0605. The molecule has 0 atom stereocenters. The lowest BCUT2D eigenvalue weighted by Crippen LogP contribution is -2.15. The van der Waals surface area contributed by atoms with Gasteiger partial charge in [0.1, 0.15) is 0 Å². The van der Waals surface area contributed by atoms with E-state index in [9.17, 15) is 9.59 Å². The lowest BCUT2D eigenvalue weighted by molar-refractivity contribution is -0.117. The van der Waals surface area contributed by atoms with Crippen LogP contribution in [-0.2, 0) is 4.79 Å². The lowest BCUT2D eigenvalue weighted by Gasteiger charge is -2.12. The minimum Gasteiger partial charge on any atom is -0.326 e. The van der Waals surface area contributed by atoms with Crippen LogP contribution in [0.1, 0.15) is 34.3 Å². The topological polar surface area (TPSA) is 58.2 Å². The predicted molar refractivity (Wildman–Crippen MR) is 91.7 cm³/mol. The molecule has 0 bridgehead atoms. The van der Waals surface area contributed by atoms with Crippen LogP contribution in [0.15, 0.2) is 42.5 Å². The van der Waals surface area contributed by atoms with Crippen LogP contribution < -0.4 is 10.6 Å². The molecule has 3 rings (SSSR count). The van der Waals surface area contributed by atoms with Crippen LogP contribution in [0.2, 0.25) is 0 Å². The van der Waals surface area contributed by atoms with Gasteiger partial charge in [-0.1, -0.05) is 23.8 Å². The van der Waals surface area contributed by atoms with E-state index in [1.54, 1.807) is 12.1 Å². The average Bonchev–Trinajstić information content (AvgIpc) is 3.36. The van der Waals surface area contributed by atoms with Gasteiger partial charge in [0, 0.05) is 22.9 Å². The first kappa shape index (κ1) is 15.3. The third-order valence-corrected chi connectivity index (χ3v) is 4.02. The Morgan fingerprint density at radius 1 is 0.957 bits per heavy atom. The first-order chi connectivity index (χ1) is 11.0. The second kappa shape index (κ2) is 6.24. The van der Waals surface area contributed by atoms with Crippen LogP contribution in [0.3, 0.4) is 0 Å². The third-order valence-electron chi connectivity index (χ3n) is 4.02. The molecular formula is C19H20N2O2. The molecular weight excluding hydrogens is 288 g/mol. The van der Waals surface area contributed by atoms with E-state index in [4.69, 9.17) is 0 Å². The highest BCUT2D eigenvalue weighted by atomic mass is 16.2. The van der Waals surface area contributed by atoms with E-state index in [-0.39, 0.29) is 17.7 Å². The highest BCUT2D eigenvalue weighted by Gasteiger charge is 2.29. The number of hydrogen-bond acceptors (Lipinski definition) is 2. The summed E-state index contributed by atoms with van der Waals surface area (Å²) in [6.07, 6.45) is 1.93. The lowest BCUT2D eigenvalue weighted by atomic mass is 10.1. The summed E-state index contributed by atoms with van der Waals surface area (Å²) in [7, 11) is 0. The van der Waals surface area contributed by atoms with Crippen molar-refractivity contribution in [3.8, 4) is 0 Å². The molecule has 0 aliphatic heterocycles. The Hall–Kier alpha value is -2.62. The van der Waals surface area contributed by atoms with Crippen LogP contribution in [0, 0.1) is 19.8 Å². The number of hydrogen-bond donors (Lipinski definition) is 2. The molecule has 0 spiro atoms. The van der Waals surface area contributed by atoms with Crippen molar-refractivity contribution in [2.24, 2.45) is 5.92 Å². The van der Waals surface area contributed by atoms with Gasteiger partial charge in [-0.3, -0.25) is 9.59 Å². The van der Waals surface area contributed by atoms with Crippen molar-refractivity contribution in [1.82, 2.24) is 0 Å². The van der Waals surface area contributed by atoms with Gasteiger partial charge in [-0.05, 0) is 56.5 Å². The molecule has 4 nitrogen and oxygen atoms in total. The van der Waals surface area contributed by atoms with E-state index >= 15 is 0 Å². The SMILES string of the molecule is Cc1ccc(C(=O)Nc2cc(NC(=O)C3CC3)ccc2C)cc1. The zero-order valence-corrected chi connectivity index (χ0v) is 13.3. The molecule has 0 aromatic heterocycles. The van der Waals surface area contributed by atoms with Crippen molar-refractivity contribution in [1.29, 1.82) is 0 Å². The number of aryl methyl sites for hydroxylation is 2. The van der Waals surface area contributed by atoms with Crippen molar-refractivity contribution in [2.75, 3.05) is 10.6 Å². The van der Waals surface area contributed by atoms with Gasteiger partial charge < -0.3 is 10.6 Å². The summed E-state index contributed by atoms with van der Waals surface area (Å²) < 4.78 is 0. The van der Waals surface area contributed by atoms with Gasteiger partial charge in [-0.15, -0.1) is 0 Å². The van der Waals surface area contributed by atoms with E-state index in [0.29, 0.717) is 16.9 Å². The maximum atomic E-state index is 12.3. The molecule has 0 radical (unpaired) electrons. The Morgan fingerprint density at radius 3 is 2.30 bits per heavy atom. The molecule has 0 saturated heterocycles. The van der Waals surface area contributed by atoms with Crippen LogP contribution >= 0.6 is 0 Å². The van der Waals surface area contributed by atoms with Gasteiger partial charge in [-0.2, -0.15) is 0 Å². The number of carbonyl (C=O) groups excluding carboxylic acids is 2. The molecule has 0 heterocycles. The summed E-state index contributed by atoms with van der Waals surface area (Å²) in [4.78, 5) is 24.2. The molecule has 23 heavy (non-hydrogen) atoms. The number of amides is 2. The maximum absolute atomic E-state index is 12.3. The summed E-state index contributed by atoms with van der Waals surface area (Å²) in [6.45, 7) is 3.91. The van der Waals surface area contributed by atoms with Crippen molar-refractivity contribution in [3.63, 3.8) is 0 Å². The summed E-state index contributed by atoms with van der Waals surface area (Å²) in [6, 6.07) is 13.0. The predicted octanol–water partition coefficient (Wildman–Crippen LogP) is 3.90. The van der Waals surface area contributed by atoms with Crippen LogP contribution in [-0.4, -0.2) is 11.8 Å². The number of anilines is 2. The minimum absolute atomic E-state index is 0.0599. The summed E-state index contributed by atoms with van der Waals surface area (Å²) in [5, 5.41) is 5.82. The number of benzene rings is 2. The van der Waals surface area contributed by atoms with E-state index in [2.05, 4.69) is 10.6 Å². The molecule has 2 N–H and O–H groups in total. The van der Waals surface area contributed by atoms with Crippen molar-refractivity contribution < 1.29 is 9.59 Å². The highest BCUT2D eigenvalue weighted by molar-refractivity contribution is 6.05. The van der Waals surface area contributed by atoms with Crippen LogP contribution in [0.5, 0.6) is 0 Å². The fourth-order valence-corrected chi connectivity index (χ4v) is 2.32. The van der Waals surface area contributed by atoms with Gasteiger partial charge in [0.05, 0.1) is 0 Å². The quantitative estimate of drug-likeness (QED) is 0.900. The van der Waals surface area contributed by atoms with Crippen molar-refractivity contribution >= 4 is 23.2 Å². The Kier molecular flexibility index (Phi) is 4.15. The first-order valence-electron chi connectivity index (χ1n) is 7.82. The summed E-state index contributed by atoms with van der Waals surface area (Å²) in [5.41, 5.74) is 4.11. The molecule has 4 heteroatoms. The normalized spacial score (nSPS) is 13.5. The van der Waals surface area contributed by atoms with Crippen molar-refractivity contribution in [3.05, 3.63) is 59.2 Å². The molecule has 2 aromatic rings. The molecule has 0 unspecified atom stereocenters. The van der Waals surface area contributed by atoms with Crippen LogP contribution in [0.25, 0.3) is 0 Å². The average molecular weight is 308 g/mol. The Labute approximate surface area is 135 Å². The fraction of sp³-hybridized carbons (Fsp3) is 0.263. The second-order valence-corrected chi connectivity index (χ2v) is 6.11. The second-order valence-electron chi connectivity index (χ2n) is 6.11. The molecule has 1 fully saturated rings. The molecule has 1 aliphatic carbocycles. The largest absolute Gasteiger partial charge is 0.326 e. The molecule has 118 valence electrons. The van der Waals surface area contributed by atoms with E-state index in [1.165, 1.54) is 0 Å². The zero-order valence-electron chi connectivity index (χ0n) is 13.3. The van der Waals surface area contributed by atoms with E-state index in [0.717, 1.165) is 24.0 Å². The fourth-order valence-electron chi connectivity index (χ4n) is 2.32. The van der Waals surface area contributed by atoms with E-state index in [1.807, 2.05) is 44.2 Å². The monoisotopic (exact) mass is 308 g/mol. The number of nitrogens with one attached hydrogen (secondary N) is 2. The smallest absolute Gasteiger partial charge is 0.255 e. The summed E-state index contributed by atoms with van der Waals surface area (Å²) >= 11 is 0. The molecule has 1 saturated carbocycles. The first-order valence-corrected chi connectivity index (χ1v) is 7.82. The zero-order chi connectivity index (χ0) is 16.4. The van der Waals surface area contributed by atoms with E-state index < -0.39 is 0 Å². The molecule has 1 aliphatic rings. The van der Waals surface area contributed by atoms with Crippen LogP contribution in [0.4, 0.5) is 11.4 Å². The third kappa shape index (κ3) is 3.77. The number of rotatable bonds is 4. The highest BCUT2D eigenvalue weighted by Crippen LogP contribution is 2.30. The van der Waals surface area contributed by atoms with Gasteiger partial charge >= 0.3 is 0 Å². The van der Waals surface area contributed by atoms with Gasteiger partial charge in [0.25, 0.3) is 5.91 Å². The Balaban J connectivity index is 1.74. The standard InChI is InChI=1S/C19H20N2O2/c1-12-3-6-14(7-4-12)19(23)21-17-11-16(10-5-13(17)2)20-18(22)15-8-9-15/h3-7,10-11,15H,8-9H2,1-2H3,(H,20,22)(H,21,23). The van der Waals surface area contributed by atoms with Crippen molar-refractivity contribution in [2.45, 2.75) is 26.7 Å². The van der Waals surface area contributed by atoms with Gasteiger partial charge in [0.15, 0.2) is 0 Å². The van der Waals surface area contributed by atoms with Gasteiger partial charge in [-0.25, -0.2) is 0 Å². The molecule has 2 aromatic carbocycles. The Bertz CT molecular complexity index is 746. The Morgan fingerprint density at radius 2 is 1.65 bits per heavy atom.